The van der Waals surface area contributed by atoms with Crippen molar-refractivity contribution in [2.24, 2.45) is 0 Å². The lowest BCUT2D eigenvalue weighted by molar-refractivity contribution is 0.0782. The van der Waals surface area contributed by atoms with Gasteiger partial charge in [-0.15, -0.1) is 0 Å². The number of furan rings is 1. The number of halogens is 1. The molecule has 2 aromatic heterocycles. The molecule has 10 nitrogen and oxygen atoms in total. The van der Waals surface area contributed by atoms with Crippen molar-refractivity contribution in [3.05, 3.63) is 102 Å². The summed E-state index contributed by atoms with van der Waals surface area (Å²) in [5.74, 6) is 1.78. The van der Waals surface area contributed by atoms with E-state index in [2.05, 4.69) is 32.6 Å². The highest BCUT2D eigenvalue weighted by atomic mass is 19.1. The van der Waals surface area contributed by atoms with Crippen LogP contribution in [-0.2, 0) is 6.54 Å². The average molecular weight is 670 g/mol. The Bertz CT molecular complexity index is 1820. The normalized spacial score (nSPS) is 14.4. The first kappa shape index (κ1) is 33.9. The average Bonchev–Trinajstić information content (AvgIpc) is 3.71. The predicted octanol–water partition coefficient (Wildman–Crippen LogP) is 6.30. The second kappa shape index (κ2) is 15.5. The molecule has 0 N–H and O–H groups in total. The molecule has 1 unspecified atom stereocenters. The van der Waals surface area contributed by atoms with Crippen LogP contribution in [0.1, 0.15) is 40.2 Å². The van der Waals surface area contributed by atoms with E-state index in [-0.39, 0.29) is 17.6 Å². The molecule has 1 saturated heterocycles. The van der Waals surface area contributed by atoms with Crippen LogP contribution < -0.4 is 19.1 Å². The van der Waals surface area contributed by atoms with Crippen LogP contribution in [0.2, 0.25) is 0 Å². The lowest BCUT2D eigenvalue weighted by Crippen LogP contribution is -2.35. The van der Waals surface area contributed by atoms with E-state index >= 15 is 0 Å². The van der Waals surface area contributed by atoms with Gasteiger partial charge >= 0.3 is 0 Å². The van der Waals surface area contributed by atoms with Gasteiger partial charge in [0.1, 0.15) is 5.82 Å². The van der Waals surface area contributed by atoms with Gasteiger partial charge in [-0.2, -0.15) is 0 Å². The Morgan fingerprint density at radius 2 is 1.71 bits per heavy atom. The highest BCUT2D eigenvalue weighted by Gasteiger charge is 2.25. The summed E-state index contributed by atoms with van der Waals surface area (Å²) in [5.41, 5.74) is 4.61. The third-order valence-corrected chi connectivity index (χ3v) is 9.31. The molecule has 258 valence electrons. The maximum absolute atomic E-state index is 13.9. The minimum atomic E-state index is -0.282. The van der Waals surface area contributed by atoms with E-state index in [1.165, 1.54) is 33.5 Å². The van der Waals surface area contributed by atoms with Crippen molar-refractivity contribution >= 4 is 22.9 Å². The minimum absolute atomic E-state index is 0.00453. The molecule has 5 aromatic rings. The summed E-state index contributed by atoms with van der Waals surface area (Å²) in [4.78, 5) is 25.3. The van der Waals surface area contributed by atoms with E-state index in [9.17, 15) is 9.18 Å². The lowest BCUT2D eigenvalue weighted by Gasteiger charge is -2.28. The summed E-state index contributed by atoms with van der Waals surface area (Å²) >= 11 is 0. The molecule has 3 aromatic carbocycles. The molecule has 1 aliphatic heterocycles. The lowest BCUT2D eigenvalue weighted by atomic mass is 9.94. The van der Waals surface area contributed by atoms with Crippen LogP contribution >= 0.6 is 0 Å². The van der Waals surface area contributed by atoms with Gasteiger partial charge < -0.3 is 37.9 Å². The Kier molecular flexibility index (Phi) is 10.7. The number of rotatable bonds is 13. The number of carbonyl (C=O) groups excluding carboxylic acids is 1. The van der Waals surface area contributed by atoms with Crippen molar-refractivity contribution < 1.29 is 27.8 Å². The number of ether oxygens (including phenoxy) is 3. The number of nitrogens with zero attached hydrogens (tertiary/aromatic N) is 5. The van der Waals surface area contributed by atoms with Gasteiger partial charge in [0.05, 0.1) is 51.4 Å². The maximum Gasteiger partial charge on any atom is 0.253 e. The van der Waals surface area contributed by atoms with Crippen LogP contribution in [0.4, 0.5) is 10.3 Å². The van der Waals surface area contributed by atoms with E-state index in [1.807, 2.05) is 24.3 Å². The van der Waals surface area contributed by atoms with Crippen LogP contribution in [0.25, 0.3) is 11.0 Å². The standard InChI is InChI=1S/C38H44FN5O5/c1-41(37(45)30-22-34(46-2)36(48-4)35(23-30)47-3)25-29(28-10-12-31(39)13-11-28)14-18-42-16-7-17-43(20-19-42)38-40-32-8-5-6-9-33(32)44(38)24-27-15-21-49-26-27/h5-6,8-13,15,21-23,26,29H,7,14,16-20,24-25H2,1-4H3. The van der Waals surface area contributed by atoms with E-state index in [0.29, 0.717) is 35.9 Å². The molecule has 11 heteroatoms. The van der Waals surface area contributed by atoms with Crippen LogP contribution in [-0.4, -0.2) is 92.9 Å². The number of para-hydroxylation sites is 2. The topological polar surface area (TPSA) is 85.4 Å². The molecular formula is C38H44FN5O5. The smallest absolute Gasteiger partial charge is 0.253 e. The number of hydrogen-bond donors (Lipinski definition) is 0. The van der Waals surface area contributed by atoms with E-state index in [0.717, 1.165) is 73.7 Å². The summed E-state index contributed by atoms with van der Waals surface area (Å²) in [6.07, 6.45) is 5.29. The molecule has 1 fully saturated rings. The van der Waals surface area contributed by atoms with Crippen molar-refractivity contribution in [3.63, 3.8) is 0 Å². The van der Waals surface area contributed by atoms with Gasteiger partial charge in [-0.25, -0.2) is 9.37 Å². The van der Waals surface area contributed by atoms with Gasteiger partial charge in [0, 0.05) is 50.3 Å². The Morgan fingerprint density at radius 3 is 2.41 bits per heavy atom. The first-order valence-corrected chi connectivity index (χ1v) is 16.6. The Balaban J connectivity index is 1.15. The number of imidazole rings is 1. The number of aromatic nitrogens is 2. The van der Waals surface area contributed by atoms with Gasteiger partial charge in [0.2, 0.25) is 11.7 Å². The second-order valence-electron chi connectivity index (χ2n) is 12.4. The zero-order valence-electron chi connectivity index (χ0n) is 28.6. The highest BCUT2D eigenvalue weighted by Crippen LogP contribution is 2.38. The zero-order chi connectivity index (χ0) is 34.3. The summed E-state index contributed by atoms with van der Waals surface area (Å²) in [7, 11) is 6.38. The first-order chi connectivity index (χ1) is 23.9. The number of amides is 1. The van der Waals surface area contributed by atoms with Crippen molar-refractivity contribution in [1.29, 1.82) is 0 Å². The molecule has 0 radical (unpaired) electrons. The van der Waals surface area contributed by atoms with Crippen LogP contribution in [0.3, 0.4) is 0 Å². The molecule has 49 heavy (non-hydrogen) atoms. The van der Waals surface area contributed by atoms with Gasteiger partial charge in [-0.05, 0) is 74.0 Å². The largest absolute Gasteiger partial charge is 0.493 e. The molecule has 1 amide bonds. The molecule has 6 rings (SSSR count). The number of anilines is 1. The summed E-state index contributed by atoms with van der Waals surface area (Å²) in [6.45, 7) is 5.56. The minimum Gasteiger partial charge on any atom is -0.493 e. The van der Waals surface area contributed by atoms with Gasteiger partial charge in [-0.1, -0.05) is 24.3 Å². The van der Waals surface area contributed by atoms with Crippen LogP contribution in [0.15, 0.2) is 83.7 Å². The number of benzene rings is 3. The molecule has 3 heterocycles. The van der Waals surface area contributed by atoms with Crippen molar-refractivity contribution in [1.82, 2.24) is 19.4 Å². The quantitative estimate of drug-likeness (QED) is 0.145. The third-order valence-electron chi connectivity index (χ3n) is 9.31. The fourth-order valence-corrected chi connectivity index (χ4v) is 6.69. The van der Waals surface area contributed by atoms with Crippen LogP contribution in [0, 0.1) is 5.82 Å². The molecule has 0 saturated carbocycles. The number of likely N-dealkylation sites (N-methyl/N-ethyl adjacent to an activating group) is 1. The summed E-state index contributed by atoms with van der Waals surface area (Å²) < 4.78 is 38.0. The van der Waals surface area contributed by atoms with E-state index in [4.69, 9.17) is 23.6 Å². The molecule has 0 spiro atoms. The van der Waals surface area contributed by atoms with Crippen molar-refractivity contribution in [2.45, 2.75) is 25.3 Å². The van der Waals surface area contributed by atoms with Crippen molar-refractivity contribution in [3.8, 4) is 17.2 Å². The highest BCUT2D eigenvalue weighted by molar-refractivity contribution is 5.95. The summed E-state index contributed by atoms with van der Waals surface area (Å²) in [6, 6.07) is 20.2. The first-order valence-electron chi connectivity index (χ1n) is 16.6. The van der Waals surface area contributed by atoms with Crippen molar-refractivity contribution in [2.75, 3.05) is 72.5 Å². The number of carbonyl (C=O) groups is 1. The molecule has 0 bridgehead atoms. The fraction of sp³-hybridized carbons (Fsp3) is 0.368. The van der Waals surface area contributed by atoms with E-state index in [1.54, 1.807) is 36.6 Å². The number of methoxy groups -OCH3 is 3. The molecule has 0 aliphatic carbocycles. The number of hydrogen-bond acceptors (Lipinski definition) is 8. The zero-order valence-corrected chi connectivity index (χ0v) is 28.6. The second-order valence-corrected chi connectivity index (χ2v) is 12.4. The van der Waals surface area contributed by atoms with Gasteiger partial charge in [-0.3, -0.25) is 4.79 Å². The Labute approximate surface area is 286 Å². The maximum atomic E-state index is 13.9. The number of fused-ring (bicyclic) bond motifs is 1. The summed E-state index contributed by atoms with van der Waals surface area (Å²) in [5, 5.41) is 0. The Morgan fingerprint density at radius 1 is 0.959 bits per heavy atom. The third kappa shape index (κ3) is 7.67. The van der Waals surface area contributed by atoms with E-state index < -0.39 is 0 Å². The monoisotopic (exact) mass is 669 g/mol. The van der Waals surface area contributed by atoms with Gasteiger partial charge in [0.15, 0.2) is 11.5 Å². The molecule has 1 atom stereocenters. The van der Waals surface area contributed by atoms with Gasteiger partial charge in [0.25, 0.3) is 5.91 Å². The fourth-order valence-electron chi connectivity index (χ4n) is 6.69. The van der Waals surface area contributed by atoms with Crippen LogP contribution in [0.5, 0.6) is 17.2 Å². The predicted molar refractivity (Wildman–Crippen MR) is 188 cm³/mol. The SMILES string of the molecule is COc1cc(C(=O)N(C)CC(CCN2CCCN(c3nc4ccccc4n3Cc3ccoc3)CC2)c2ccc(F)cc2)cc(OC)c1OC. The molecule has 1 aliphatic rings. The Hall–Kier alpha value is -5.03. The molecular weight excluding hydrogens is 625 g/mol.